The first-order chi connectivity index (χ1) is 15.4. The minimum absolute atomic E-state index is 0.281. The highest BCUT2D eigenvalue weighted by Gasteiger charge is 2.46. The Hall–Kier alpha value is -3.32. The standard InChI is InChI=1S/C25H25NO5S/c1-16-4-3-5-17(10-16)8-9-31-22-11-18(6-7-21(22)30-2)23(27)26-25(24(28)29)12-19-14-32-15-20(19)13-25/h3-7,10-11,14-15H,8-9,12-13H2,1-2H3,(H,26,27)(H,28,29). The van der Waals surface area contributed by atoms with Gasteiger partial charge in [0.05, 0.1) is 13.7 Å². The van der Waals surface area contributed by atoms with E-state index in [-0.39, 0.29) is 12.8 Å². The number of nitrogens with one attached hydrogen (secondary N) is 1. The lowest BCUT2D eigenvalue weighted by molar-refractivity contribution is -0.144. The summed E-state index contributed by atoms with van der Waals surface area (Å²) in [6.45, 7) is 2.47. The van der Waals surface area contributed by atoms with Crippen LogP contribution in [0.3, 0.4) is 0 Å². The van der Waals surface area contributed by atoms with Gasteiger partial charge in [0.1, 0.15) is 5.54 Å². The summed E-state index contributed by atoms with van der Waals surface area (Å²) >= 11 is 1.55. The van der Waals surface area contributed by atoms with Crippen molar-refractivity contribution in [3.8, 4) is 11.5 Å². The van der Waals surface area contributed by atoms with Crippen LogP contribution in [0.1, 0.15) is 32.6 Å². The molecule has 0 spiro atoms. The van der Waals surface area contributed by atoms with E-state index >= 15 is 0 Å². The predicted octanol–water partition coefficient (Wildman–Crippen LogP) is 4.04. The number of fused-ring (bicyclic) bond motifs is 1. The van der Waals surface area contributed by atoms with Crippen LogP contribution in [-0.2, 0) is 24.1 Å². The Morgan fingerprint density at radius 3 is 2.50 bits per heavy atom. The number of hydrogen-bond donors (Lipinski definition) is 2. The summed E-state index contributed by atoms with van der Waals surface area (Å²) in [6.07, 6.45) is 1.28. The molecule has 0 saturated carbocycles. The summed E-state index contributed by atoms with van der Waals surface area (Å²) in [7, 11) is 1.54. The van der Waals surface area contributed by atoms with Crippen LogP contribution < -0.4 is 14.8 Å². The lowest BCUT2D eigenvalue weighted by atomic mass is 9.95. The van der Waals surface area contributed by atoms with E-state index < -0.39 is 17.4 Å². The molecule has 1 aromatic heterocycles. The van der Waals surface area contributed by atoms with E-state index in [9.17, 15) is 14.7 Å². The first kappa shape index (κ1) is 21.9. The zero-order chi connectivity index (χ0) is 22.7. The number of hydrogen-bond acceptors (Lipinski definition) is 5. The Balaban J connectivity index is 1.48. The van der Waals surface area contributed by atoms with Gasteiger partial charge in [0.15, 0.2) is 11.5 Å². The van der Waals surface area contributed by atoms with Crippen molar-refractivity contribution in [2.45, 2.75) is 31.7 Å². The fraction of sp³-hybridized carbons (Fsp3) is 0.280. The Morgan fingerprint density at radius 2 is 1.84 bits per heavy atom. The number of carbonyl (C=O) groups excluding carboxylic acids is 1. The van der Waals surface area contributed by atoms with Crippen molar-refractivity contribution in [3.05, 3.63) is 81.0 Å². The van der Waals surface area contributed by atoms with Crippen molar-refractivity contribution in [1.29, 1.82) is 0 Å². The van der Waals surface area contributed by atoms with Gasteiger partial charge in [0.25, 0.3) is 5.91 Å². The zero-order valence-corrected chi connectivity index (χ0v) is 18.8. The molecule has 2 aromatic carbocycles. The number of aryl methyl sites for hydroxylation is 1. The van der Waals surface area contributed by atoms with Crippen LogP contribution in [0.4, 0.5) is 0 Å². The third-order valence-corrected chi connectivity index (χ3v) is 6.58. The summed E-state index contributed by atoms with van der Waals surface area (Å²) in [6, 6.07) is 13.1. The van der Waals surface area contributed by atoms with Crippen molar-refractivity contribution in [3.63, 3.8) is 0 Å². The summed E-state index contributed by atoms with van der Waals surface area (Å²) in [4.78, 5) is 25.1. The van der Waals surface area contributed by atoms with Crippen molar-refractivity contribution in [2.75, 3.05) is 13.7 Å². The molecular formula is C25H25NO5S. The van der Waals surface area contributed by atoms with E-state index in [4.69, 9.17) is 9.47 Å². The third-order valence-electron chi connectivity index (χ3n) is 5.74. The maximum Gasteiger partial charge on any atom is 0.330 e. The number of amides is 1. The molecule has 0 atom stereocenters. The highest BCUT2D eigenvalue weighted by molar-refractivity contribution is 7.08. The monoisotopic (exact) mass is 451 g/mol. The molecule has 0 saturated heterocycles. The number of aliphatic carboxylic acids is 1. The summed E-state index contributed by atoms with van der Waals surface area (Å²) in [5.74, 6) is -0.522. The van der Waals surface area contributed by atoms with Crippen LogP contribution in [-0.4, -0.2) is 36.2 Å². The Morgan fingerprint density at radius 1 is 1.09 bits per heavy atom. The van der Waals surface area contributed by atoms with Crippen molar-refractivity contribution >= 4 is 23.2 Å². The molecule has 0 unspecified atom stereocenters. The van der Waals surface area contributed by atoms with E-state index in [0.717, 1.165) is 16.7 Å². The molecule has 0 fully saturated rings. The molecule has 6 nitrogen and oxygen atoms in total. The van der Waals surface area contributed by atoms with Gasteiger partial charge in [-0.2, -0.15) is 11.3 Å². The normalized spacial score (nSPS) is 13.9. The molecule has 0 aliphatic heterocycles. The number of benzene rings is 2. The van der Waals surface area contributed by atoms with Gasteiger partial charge >= 0.3 is 5.97 Å². The van der Waals surface area contributed by atoms with Crippen LogP contribution in [0.15, 0.2) is 53.2 Å². The lowest BCUT2D eigenvalue weighted by Gasteiger charge is -2.26. The molecule has 32 heavy (non-hydrogen) atoms. The van der Waals surface area contributed by atoms with Gasteiger partial charge in [-0.15, -0.1) is 0 Å². The second-order valence-corrected chi connectivity index (χ2v) is 8.81. The molecule has 2 N–H and O–H groups in total. The second-order valence-electron chi connectivity index (χ2n) is 8.07. The maximum atomic E-state index is 13.0. The highest BCUT2D eigenvalue weighted by atomic mass is 32.1. The second kappa shape index (κ2) is 9.04. The van der Waals surface area contributed by atoms with Gasteiger partial charge in [-0.1, -0.05) is 29.8 Å². The van der Waals surface area contributed by atoms with Crippen molar-refractivity contribution in [2.24, 2.45) is 0 Å². The molecule has 0 radical (unpaired) electrons. The van der Waals surface area contributed by atoms with Crippen LogP contribution >= 0.6 is 11.3 Å². The average molecular weight is 452 g/mol. The predicted molar refractivity (Wildman–Crippen MR) is 123 cm³/mol. The molecular weight excluding hydrogens is 426 g/mol. The van der Waals surface area contributed by atoms with Crippen molar-refractivity contribution in [1.82, 2.24) is 5.32 Å². The Labute approximate surface area is 190 Å². The molecule has 166 valence electrons. The fourth-order valence-corrected chi connectivity index (χ4v) is 4.90. The highest BCUT2D eigenvalue weighted by Crippen LogP contribution is 2.34. The Kier molecular flexibility index (Phi) is 6.19. The number of carbonyl (C=O) groups is 2. The van der Waals surface area contributed by atoms with E-state index in [0.29, 0.717) is 30.1 Å². The molecule has 1 heterocycles. The largest absolute Gasteiger partial charge is 0.493 e. The van der Waals surface area contributed by atoms with E-state index in [1.54, 1.807) is 36.6 Å². The molecule has 4 rings (SSSR count). The van der Waals surface area contributed by atoms with E-state index in [1.165, 1.54) is 5.56 Å². The topological polar surface area (TPSA) is 84.9 Å². The summed E-state index contributed by atoms with van der Waals surface area (Å²) in [5, 5.41) is 16.5. The molecule has 1 amide bonds. The fourth-order valence-electron chi connectivity index (χ4n) is 4.03. The first-order valence-electron chi connectivity index (χ1n) is 10.4. The lowest BCUT2D eigenvalue weighted by Crippen LogP contribution is -2.55. The number of rotatable bonds is 8. The van der Waals surface area contributed by atoms with Gasteiger partial charge in [-0.3, -0.25) is 4.79 Å². The number of thiophene rings is 1. The Bertz CT molecular complexity index is 1130. The molecule has 7 heteroatoms. The smallest absolute Gasteiger partial charge is 0.330 e. The van der Waals surface area contributed by atoms with Gasteiger partial charge in [0.2, 0.25) is 0 Å². The van der Waals surface area contributed by atoms with Gasteiger partial charge in [-0.25, -0.2) is 4.79 Å². The minimum atomic E-state index is -1.33. The average Bonchev–Trinajstić information content (AvgIpc) is 3.34. The molecule has 3 aromatic rings. The van der Waals surface area contributed by atoms with E-state index in [1.807, 2.05) is 35.9 Å². The first-order valence-corrected chi connectivity index (χ1v) is 11.3. The zero-order valence-electron chi connectivity index (χ0n) is 18.0. The number of methoxy groups -OCH3 is 1. The van der Waals surface area contributed by atoms with Crippen LogP contribution in [0, 0.1) is 6.92 Å². The van der Waals surface area contributed by atoms with Crippen LogP contribution in [0.25, 0.3) is 0 Å². The number of ether oxygens (including phenoxy) is 2. The van der Waals surface area contributed by atoms with Crippen molar-refractivity contribution < 1.29 is 24.2 Å². The van der Waals surface area contributed by atoms with Gasteiger partial charge in [0, 0.05) is 24.8 Å². The minimum Gasteiger partial charge on any atom is -0.493 e. The number of carboxylic acids is 1. The maximum absolute atomic E-state index is 13.0. The van der Waals surface area contributed by atoms with Crippen LogP contribution in [0.2, 0.25) is 0 Å². The molecule has 0 bridgehead atoms. The molecule has 1 aliphatic rings. The number of carboxylic acid groups (broad SMARTS) is 1. The SMILES string of the molecule is COc1ccc(C(=O)NC2(C(=O)O)Cc3cscc3C2)cc1OCCc1cccc(C)c1. The van der Waals surface area contributed by atoms with Gasteiger partial charge in [-0.05, 0) is 52.6 Å². The quantitative estimate of drug-likeness (QED) is 0.540. The van der Waals surface area contributed by atoms with Crippen LogP contribution in [0.5, 0.6) is 11.5 Å². The summed E-state index contributed by atoms with van der Waals surface area (Å²) in [5.41, 5.74) is 3.30. The molecule has 1 aliphatic carbocycles. The van der Waals surface area contributed by atoms with Gasteiger partial charge < -0.3 is 19.9 Å². The third kappa shape index (κ3) is 4.48. The summed E-state index contributed by atoms with van der Waals surface area (Å²) < 4.78 is 11.3. The van der Waals surface area contributed by atoms with E-state index in [2.05, 4.69) is 11.4 Å².